The van der Waals surface area contributed by atoms with E-state index in [1.165, 1.54) is 13.0 Å². The van der Waals surface area contributed by atoms with Crippen LogP contribution in [0.1, 0.15) is 6.92 Å². The van der Waals surface area contributed by atoms with Crippen LogP contribution in [0.3, 0.4) is 0 Å². The number of carbonyl (C=O) groups excluding carboxylic acids is 2. The number of nitrogens with zero attached hydrogens (tertiary/aromatic N) is 4. The highest BCUT2D eigenvalue weighted by Gasteiger charge is 2.28. The summed E-state index contributed by atoms with van der Waals surface area (Å²) in [5, 5.41) is 1.62. The molecule has 1 N–H and O–H groups in total. The molecule has 0 saturated carbocycles. The Morgan fingerprint density at radius 3 is 2.52 bits per heavy atom. The van der Waals surface area contributed by atoms with E-state index in [9.17, 15) is 18.0 Å². The number of aromatic nitrogens is 2. The van der Waals surface area contributed by atoms with Crippen LogP contribution in [-0.2, 0) is 24.3 Å². The molecule has 2 aromatic heterocycles. The maximum absolute atomic E-state index is 12.5. The number of amides is 1. The van der Waals surface area contributed by atoms with Gasteiger partial charge in [0.1, 0.15) is 10.8 Å². The van der Waals surface area contributed by atoms with Crippen LogP contribution < -0.4 is 9.62 Å². The fourth-order valence-electron chi connectivity index (χ4n) is 2.77. The number of piperazine rings is 1. The molecule has 1 amide bonds. The molecule has 29 heavy (non-hydrogen) atoms. The molecule has 3 heterocycles. The van der Waals surface area contributed by atoms with Gasteiger partial charge in [-0.05, 0) is 24.4 Å². The van der Waals surface area contributed by atoms with Crippen LogP contribution in [-0.4, -0.2) is 74.0 Å². The summed E-state index contributed by atoms with van der Waals surface area (Å²) < 4.78 is 31.4. The van der Waals surface area contributed by atoms with Crippen molar-refractivity contribution in [2.75, 3.05) is 37.6 Å². The summed E-state index contributed by atoms with van der Waals surface area (Å²) in [5.41, 5.74) is 0. The second-order valence-corrected chi connectivity index (χ2v) is 9.19. The van der Waals surface area contributed by atoms with Crippen molar-refractivity contribution in [3.8, 4) is 0 Å². The van der Waals surface area contributed by atoms with Gasteiger partial charge in [0.25, 0.3) is 15.9 Å². The first-order valence-corrected chi connectivity index (χ1v) is 11.3. The third-order valence-electron chi connectivity index (χ3n) is 4.25. The molecule has 1 unspecified atom stereocenters. The lowest BCUT2D eigenvalue weighted by molar-refractivity contribution is -0.158. The van der Waals surface area contributed by atoms with Gasteiger partial charge in [-0.3, -0.25) is 9.59 Å². The normalized spacial score (nSPS) is 15.8. The molecule has 10 nitrogen and oxygen atoms in total. The number of anilines is 1. The summed E-state index contributed by atoms with van der Waals surface area (Å²) in [6, 6.07) is 4.77. The number of nitrogens with one attached hydrogen (secondary N) is 1. The summed E-state index contributed by atoms with van der Waals surface area (Å²) in [6.45, 7) is 2.96. The lowest BCUT2D eigenvalue weighted by Gasteiger charge is -2.35. The van der Waals surface area contributed by atoms with Crippen molar-refractivity contribution in [2.45, 2.75) is 17.2 Å². The number of rotatable bonds is 7. The molecule has 0 bridgehead atoms. The Bertz CT molecular complexity index is 928. The molecule has 3 rings (SSSR count). The first-order valence-electron chi connectivity index (χ1n) is 8.90. The fourth-order valence-corrected chi connectivity index (χ4v) is 4.78. The first kappa shape index (κ1) is 21.1. The number of hydrogen-bond donors (Lipinski definition) is 1. The van der Waals surface area contributed by atoms with Gasteiger partial charge < -0.3 is 14.5 Å². The van der Waals surface area contributed by atoms with Gasteiger partial charge in [-0.25, -0.2) is 18.4 Å². The fraction of sp³-hybridized carbons (Fsp3) is 0.412. The van der Waals surface area contributed by atoms with E-state index in [0.717, 1.165) is 11.3 Å². The minimum absolute atomic E-state index is 0.106. The molecule has 1 fully saturated rings. The van der Waals surface area contributed by atoms with E-state index in [2.05, 4.69) is 14.7 Å². The van der Waals surface area contributed by atoms with Crippen molar-refractivity contribution in [3.05, 3.63) is 36.0 Å². The smallest absolute Gasteiger partial charge is 0.321 e. The number of sulfonamides is 1. The van der Waals surface area contributed by atoms with Gasteiger partial charge in [-0.1, -0.05) is 6.07 Å². The lowest BCUT2D eigenvalue weighted by atomic mass is 10.2. The molecule has 1 aliphatic rings. The highest BCUT2D eigenvalue weighted by molar-refractivity contribution is 7.91. The molecular formula is C17H21N5O5S2. The molecule has 156 valence electrons. The van der Waals surface area contributed by atoms with Crippen molar-refractivity contribution < 1.29 is 22.7 Å². The summed E-state index contributed by atoms with van der Waals surface area (Å²) in [6.07, 6.45) is 2.32. The Morgan fingerprint density at radius 2 is 1.90 bits per heavy atom. The zero-order valence-electron chi connectivity index (χ0n) is 15.7. The molecule has 0 spiro atoms. The van der Waals surface area contributed by atoms with Gasteiger partial charge in [0.05, 0.1) is 0 Å². The minimum Gasteiger partial charge on any atom is -0.452 e. The first-order chi connectivity index (χ1) is 13.9. The van der Waals surface area contributed by atoms with E-state index in [1.54, 1.807) is 34.8 Å². The van der Waals surface area contributed by atoms with E-state index in [1.807, 2.05) is 4.90 Å². The summed E-state index contributed by atoms with van der Waals surface area (Å²) in [7, 11) is -3.77. The highest BCUT2D eigenvalue weighted by atomic mass is 32.2. The SMILES string of the molecule is CC(OC(=O)CNS(=O)(=O)c1cccs1)C(=O)N1CCN(c2ncccn2)CC1. The van der Waals surface area contributed by atoms with Crippen LogP contribution in [0.5, 0.6) is 0 Å². The second kappa shape index (κ2) is 9.29. The second-order valence-electron chi connectivity index (χ2n) is 6.25. The van der Waals surface area contributed by atoms with E-state index >= 15 is 0 Å². The van der Waals surface area contributed by atoms with Gasteiger partial charge in [0.15, 0.2) is 6.10 Å². The van der Waals surface area contributed by atoms with Crippen molar-refractivity contribution in [1.29, 1.82) is 0 Å². The molecule has 0 aromatic carbocycles. The van der Waals surface area contributed by atoms with Crippen molar-refractivity contribution in [2.24, 2.45) is 0 Å². The molecule has 2 aromatic rings. The minimum atomic E-state index is -3.77. The van der Waals surface area contributed by atoms with E-state index < -0.39 is 28.6 Å². The van der Waals surface area contributed by atoms with Crippen LogP contribution in [0.25, 0.3) is 0 Å². The van der Waals surface area contributed by atoms with Crippen LogP contribution in [0.4, 0.5) is 5.95 Å². The molecule has 1 aliphatic heterocycles. The topological polar surface area (TPSA) is 122 Å². The van der Waals surface area contributed by atoms with Crippen LogP contribution in [0.15, 0.2) is 40.2 Å². The van der Waals surface area contributed by atoms with Crippen molar-refractivity contribution in [1.82, 2.24) is 19.6 Å². The predicted octanol–water partition coefficient (Wildman–Crippen LogP) is 0.0969. The van der Waals surface area contributed by atoms with Gasteiger partial charge >= 0.3 is 5.97 Å². The van der Waals surface area contributed by atoms with Gasteiger partial charge in [0.2, 0.25) is 5.95 Å². The summed E-state index contributed by atoms with van der Waals surface area (Å²) in [4.78, 5) is 36.4. The Kier molecular flexibility index (Phi) is 6.77. The maximum atomic E-state index is 12.5. The number of carbonyl (C=O) groups is 2. The largest absolute Gasteiger partial charge is 0.452 e. The zero-order chi connectivity index (χ0) is 20.9. The zero-order valence-corrected chi connectivity index (χ0v) is 17.4. The summed E-state index contributed by atoms with van der Waals surface area (Å²) >= 11 is 1.04. The Hall–Kier alpha value is -2.57. The van der Waals surface area contributed by atoms with Crippen LogP contribution in [0.2, 0.25) is 0 Å². The third-order valence-corrected chi connectivity index (χ3v) is 7.05. The van der Waals surface area contributed by atoms with Crippen molar-refractivity contribution >= 4 is 39.2 Å². The molecule has 0 radical (unpaired) electrons. The molecule has 1 atom stereocenters. The quantitative estimate of drug-likeness (QED) is 0.603. The Labute approximate surface area is 172 Å². The maximum Gasteiger partial charge on any atom is 0.321 e. The number of thiophene rings is 1. The molecular weight excluding hydrogens is 418 g/mol. The predicted molar refractivity (Wildman–Crippen MR) is 106 cm³/mol. The molecule has 12 heteroatoms. The lowest BCUT2D eigenvalue weighted by Crippen LogP contribution is -2.52. The van der Waals surface area contributed by atoms with E-state index in [0.29, 0.717) is 32.1 Å². The molecule has 0 aliphatic carbocycles. The Morgan fingerprint density at radius 1 is 1.21 bits per heavy atom. The molecule has 1 saturated heterocycles. The van der Waals surface area contributed by atoms with E-state index in [4.69, 9.17) is 4.74 Å². The van der Waals surface area contributed by atoms with Crippen LogP contribution >= 0.6 is 11.3 Å². The average molecular weight is 440 g/mol. The number of esters is 1. The van der Waals surface area contributed by atoms with Crippen LogP contribution in [0, 0.1) is 0 Å². The van der Waals surface area contributed by atoms with E-state index in [-0.39, 0.29) is 10.1 Å². The number of ether oxygens (including phenoxy) is 1. The average Bonchev–Trinajstić information content (AvgIpc) is 3.28. The standard InChI is InChI=1S/C17H21N5O5S2/c1-13(27-14(23)12-20-29(25,26)15-4-2-11-28-15)16(24)21-7-9-22(10-8-21)17-18-5-3-6-19-17/h2-6,11,13,20H,7-10,12H2,1H3. The number of hydrogen-bond acceptors (Lipinski definition) is 9. The van der Waals surface area contributed by atoms with Gasteiger partial charge in [0, 0.05) is 38.6 Å². The third kappa shape index (κ3) is 5.49. The Balaban J connectivity index is 1.45. The van der Waals surface area contributed by atoms with Gasteiger partial charge in [-0.2, -0.15) is 4.72 Å². The van der Waals surface area contributed by atoms with Gasteiger partial charge in [-0.15, -0.1) is 11.3 Å². The van der Waals surface area contributed by atoms with Crippen molar-refractivity contribution in [3.63, 3.8) is 0 Å². The summed E-state index contributed by atoms with van der Waals surface area (Å²) in [5.74, 6) is -0.535. The highest BCUT2D eigenvalue weighted by Crippen LogP contribution is 2.15. The monoisotopic (exact) mass is 439 g/mol.